The lowest BCUT2D eigenvalue weighted by atomic mass is 10.2. The summed E-state index contributed by atoms with van der Waals surface area (Å²) in [5.74, 6) is 0.647. The maximum atomic E-state index is 12.6. The number of nitrogens with one attached hydrogen (secondary N) is 1. The summed E-state index contributed by atoms with van der Waals surface area (Å²) in [6, 6.07) is 5.75. The highest BCUT2D eigenvalue weighted by Crippen LogP contribution is 2.30. The summed E-state index contributed by atoms with van der Waals surface area (Å²) in [5.41, 5.74) is 0.922. The molecule has 5 heteroatoms. The lowest BCUT2D eigenvalue weighted by Crippen LogP contribution is -2.42. The summed E-state index contributed by atoms with van der Waals surface area (Å²) in [4.78, 5) is 18.7. The van der Waals surface area contributed by atoms with E-state index >= 15 is 0 Å². The molecule has 3 rings (SSSR count). The Labute approximate surface area is 125 Å². The maximum Gasteiger partial charge on any atom is 0.272 e. The summed E-state index contributed by atoms with van der Waals surface area (Å²) in [5, 5.41) is 12.2. The molecule has 1 N–H and O–H groups in total. The first-order valence-electron chi connectivity index (χ1n) is 7.65. The van der Waals surface area contributed by atoms with Gasteiger partial charge in [0.05, 0.1) is 5.56 Å². The Morgan fingerprint density at radius 3 is 2.81 bits per heavy atom. The van der Waals surface area contributed by atoms with E-state index in [-0.39, 0.29) is 5.91 Å². The highest BCUT2D eigenvalue weighted by atomic mass is 16.2. The van der Waals surface area contributed by atoms with Crippen LogP contribution in [0.3, 0.4) is 0 Å². The standard InChI is InChI=1S/C16H20N4O/c17-8-13-5-6-15(19-9-13)16(21)20(10-12-3-4-12)11-14-2-1-7-18-14/h5-6,9,12,14,18H,1-4,7,10-11H2. The first-order valence-corrected chi connectivity index (χ1v) is 7.65. The van der Waals surface area contributed by atoms with Crippen molar-refractivity contribution in [1.29, 1.82) is 5.26 Å². The van der Waals surface area contributed by atoms with Gasteiger partial charge in [-0.05, 0) is 50.3 Å². The number of amides is 1. The molecule has 1 aromatic heterocycles. The zero-order valence-corrected chi connectivity index (χ0v) is 12.1. The Bertz CT molecular complexity index is 538. The molecule has 0 bridgehead atoms. The van der Waals surface area contributed by atoms with E-state index < -0.39 is 0 Å². The average molecular weight is 284 g/mol. The number of nitrogens with zero attached hydrogens (tertiary/aromatic N) is 3. The number of carbonyl (C=O) groups excluding carboxylic acids is 1. The van der Waals surface area contributed by atoms with Gasteiger partial charge in [0.1, 0.15) is 11.8 Å². The molecule has 1 aromatic rings. The minimum absolute atomic E-state index is 0.0138. The Balaban J connectivity index is 1.70. The smallest absolute Gasteiger partial charge is 0.272 e. The second-order valence-corrected chi connectivity index (χ2v) is 5.99. The number of nitriles is 1. The monoisotopic (exact) mass is 284 g/mol. The fourth-order valence-electron chi connectivity index (χ4n) is 2.78. The summed E-state index contributed by atoms with van der Waals surface area (Å²) in [6.45, 7) is 2.64. The molecule has 21 heavy (non-hydrogen) atoms. The highest BCUT2D eigenvalue weighted by Gasteiger charge is 2.29. The van der Waals surface area contributed by atoms with Crippen molar-refractivity contribution < 1.29 is 4.79 Å². The average Bonchev–Trinajstić information content (AvgIpc) is 3.19. The van der Waals surface area contributed by atoms with Crippen LogP contribution >= 0.6 is 0 Å². The van der Waals surface area contributed by atoms with Crippen LogP contribution in [0, 0.1) is 17.2 Å². The third-order valence-corrected chi connectivity index (χ3v) is 4.18. The van der Waals surface area contributed by atoms with Crippen molar-refractivity contribution in [3.8, 4) is 6.07 Å². The first kappa shape index (κ1) is 14.0. The Kier molecular flexibility index (Phi) is 4.16. The van der Waals surface area contributed by atoms with E-state index in [4.69, 9.17) is 5.26 Å². The molecular weight excluding hydrogens is 264 g/mol. The van der Waals surface area contributed by atoms with Gasteiger partial charge in [0.15, 0.2) is 0 Å². The lowest BCUT2D eigenvalue weighted by molar-refractivity contribution is 0.0727. The number of pyridine rings is 1. The van der Waals surface area contributed by atoms with Crippen molar-refractivity contribution >= 4 is 5.91 Å². The second kappa shape index (κ2) is 6.23. The van der Waals surface area contributed by atoms with Crippen LogP contribution in [0.25, 0.3) is 0 Å². The van der Waals surface area contributed by atoms with Gasteiger partial charge in [-0.3, -0.25) is 4.79 Å². The van der Waals surface area contributed by atoms with Gasteiger partial charge in [-0.2, -0.15) is 5.26 Å². The van der Waals surface area contributed by atoms with Gasteiger partial charge in [0, 0.05) is 25.3 Å². The number of aromatic nitrogens is 1. The van der Waals surface area contributed by atoms with Gasteiger partial charge in [0.2, 0.25) is 0 Å². The number of rotatable bonds is 5. The van der Waals surface area contributed by atoms with Gasteiger partial charge in [-0.1, -0.05) is 0 Å². The quantitative estimate of drug-likeness (QED) is 0.891. The fraction of sp³-hybridized carbons (Fsp3) is 0.562. The minimum atomic E-state index is -0.0138. The molecule has 1 aliphatic carbocycles. The largest absolute Gasteiger partial charge is 0.335 e. The van der Waals surface area contributed by atoms with Crippen LogP contribution in [0.1, 0.15) is 41.7 Å². The summed E-state index contributed by atoms with van der Waals surface area (Å²) in [7, 11) is 0. The van der Waals surface area contributed by atoms with E-state index in [1.807, 2.05) is 11.0 Å². The van der Waals surface area contributed by atoms with Crippen LogP contribution in [-0.2, 0) is 0 Å². The van der Waals surface area contributed by atoms with Gasteiger partial charge in [-0.15, -0.1) is 0 Å². The van der Waals surface area contributed by atoms with E-state index in [0.717, 1.165) is 26.1 Å². The van der Waals surface area contributed by atoms with E-state index in [9.17, 15) is 4.79 Å². The fourth-order valence-corrected chi connectivity index (χ4v) is 2.78. The van der Waals surface area contributed by atoms with Crippen molar-refractivity contribution in [2.75, 3.05) is 19.6 Å². The zero-order chi connectivity index (χ0) is 14.7. The van der Waals surface area contributed by atoms with Gasteiger partial charge in [0.25, 0.3) is 5.91 Å². The molecular formula is C16H20N4O. The molecule has 1 unspecified atom stereocenters. The third-order valence-electron chi connectivity index (χ3n) is 4.18. The Morgan fingerprint density at radius 2 is 2.24 bits per heavy atom. The molecule has 2 fully saturated rings. The molecule has 2 aliphatic rings. The van der Waals surface area contributed by atoms with Crippen molar-refractivity contribution in [2.24, 2.45) is 5.92 Å². The number of hydrogen-bond donors (Lipinski definition) is 1. The topological polar surface area (TPSA) is 69.0 Å². The Morgan fingerprint density at radius 1 is 1.38 bits per heavy atom. The van der Waals surface area contributed by atoms with Crippen LogP contribution in [0.2, 0.25) is 0 Å². The highest BCUT2D eigenvalue weighted by molar-refractivity contribution is 5.92. The molecule has 110 valence electrons. The molecule has 2 heterocycles. The van der Waals surface area contributed by atoms with Crippen LogP contribution in [0.4, 0.5) is 0 Å². The molecule has 1 atom stereocenters. The molecule has 1 saturated heterocycles. The lowest BCUT2D eigenvalue weighted by Gasteiger charge is -2.25. The van der Waals surface area contributed by atoms with Crippen LogP contribution in [-0.4, -0.2) is 41.5 Å². The predicted molar refractivity (Wildman–Crippen MR) is 78.6 cm³/mol. The third kappa shape index (κ3) is 3.59. The van der Waals surface area contributed by atoms with E-state index in [1.165, 1.54) is 25.5 Å². The molecule has 0 spiro atoms. The maximum absolute atomic E-state index is 12.6. The SMILES string of the molecule is N#Cc1ccc(C(=O)N(CC2CC2)CC2CCCN2)nc1. The molecule has 1 saturated carbocycles. The molecule has 1 aliphatic heterocycles. The van der Waals surface area contributed by atoms with Crippen molar-refractivity contribution in [1.82, 2.24) is 15.2 Å². The Hall–Kier alpha value is -1.93. The first-order chi connectivity index (χ1) is 10.3. The normalized spacial score (nSPS) is 21.0. The van der Waals surface area contributed by atoms with Crippen LogP contribution < -0.4 is 5.32 Å². The van der Waals surface area contributed by atoms with Crippen molar-refractivity contribution in [3.63, 3.8) is 0 Å². The second-order valence-electron chi connectivity index (χ2n) is 5.99. The zero-order valence-electron chi connectivity index (χ0n) is 12.1. The van der Waals surface area contributed by atoms with Gasteiger partial charge in [-0.25, -0.2) is 4.98 Å². The van der Waals surface area contributed by atoms with Gasteiger partial charge >= 0.3 is 0 Å². The summed E-state index contributed by atoms with van der Waals surface area (Å²) in [6.07, 6.45) is 6.24. The van der Waals surface area contributed by atoms with Crippen LogP contribution in [0.5, 0.6) is 0 Å². The molecule has 0 radical (unpaired) electrons. The summed E-state index contributed by atoms with van der Waals surface area (Å²) >= 11 is 0. The van der Waals surface area contributed by atoms with Crippen molar-refractivity contribution in [2.45, 2.75) is 31.7 Å². The number of carbonyl (C=O) groups is 1. The van der Waals surface area contributed by atoms with Gasteiger partial charge < -0.3 is 10.2 Å². The molecule has 0 aromatic carbocycles. The molecule has 1 amide bonds. The van der Waals surface area contributed by atoms with Crippen LogP contribution in [0.15, 0.2) is 18.3 Å². The predicted octanol–water partition coefficient (Wildman–Crippen LogP) is 1.56. The molecule has 5 nitrogen and oxygen atoms in total. The number of hydrogen-bond acceptors (Lipinski definition) is 4. The minimum Gasteiger partial charge on any atom is -0.335 e. The van der Waals surface area contributed by atoms with E-state index in [0.29, 0.717) is 23.2 Å². The summed E-state index contributed by atoms with van der Waals surface area (Å²) < 4.78 is 0. The van der Waals surface area contributed by atoms with E-state index in [1.54, 1.807) is 12.1 Å². The van der Waals surface area contributed by atoms with Crippen molar-refractivity contribution in [3.05, 3.63) is 29.6 Å². The van der Waals surface area contributed by atoms with E-state index in [2.05, 4.69) is 10.3 Å².